The third-order valence-corrected chi connectivity index (χ3v) is 5.77. The molecule has 2 aromatic rings. The monoisotopic (exact) mass is 372 g/mol. The Morgan fingerprint density at radius 2 is 1.77 bits per heavy atom. The zero-order valence-corrected chi connectivity index (χ0v) is 14.8. The Kier molecular flexibility index (Phi) is 5.12. The Balaban J connectivity index is 1.44. The number of hydrogen-bond donors (Lipinski definition) is 3. The van der Waals surface area contributed by atoms with Crippen molar-refractivity contribution in [3.05, 3.63) is 60.7 Å². The van der Waals surface area contributed by atoms with Gasteiger partial charge in [0.25, 0.3) is 0 Å². The number of amides is 2. The first kappa shape index (κ1) is 17.4. The summed E-state index contributed by atoms with van der Waals surface area (Å²) < 4.78 is 11.6. The molecule has 2 amide bonds. The molecule has 0 saturated carbocycles. The van der Waals surface area contributed by atoms with Gasteiger partial charge in [-0.15, -0.1) is 11.8 Å². The summed E-state index contributed by atoms with van der Waals surface area (Å²) >= 11 is 1.50. The zero-order valence-electron chi connectivity index (χ0n) is 13.9. The van der Waals surface area contributed by atoms with Crippen LogP contribution in [0.4, 0.5) is 10.5 Å². The van der Waals surface area contributed by atoms with E-state index in [1.165, 1.54) is 11.8 Å². The fourth-order valence-corrected chi connectivity index (χ4v) is 4.38. The fraction of sp³-hybridized carbons (Fsp3) is 0.316. The van der Waals surface area contributed by atoms with Crippen LogP contribution in [-0.4, -0.2) is 47.5 Å². The van der Waals surface area contributed by atoms with Crippen molar-refractivity contribution in [1.82, 2.24) is 5.32 Å². The third kappa shape index (κ3) is 3.71. The summed E-state index contributed by atoms with van der Waals surface area (Å²) in [6.45, 7) is 0.351. The quantitative estimate of drug-likeness (QED) is 0.768. The van der Waals surface area contributed by atoms with Gasteiger partial charge in [-0.05, 0) is 24.3 Å². The number of para-hydroxylation sites is 1. The molecule has 2 saturated heterocycles. The van der Waals surface area contributed by atoms with Crippen LogP contribution in [0.15, 0.2) is 65.6 Å². The lowest BCUT2D eigenvalue weighted by Crippen LogP contribution is -2.60. The van der Waals surface area contributed by atoms with E-state index in [-0.39, 0.29) is 17.4 Å². The molecule has 0 spiro atoms. The van der Waals surface area contributed by atoms with Crippen LogP contribution in [0, 0.1) is 0 Å². The van der Waals surface area contributed by atoms with Gasteiger partial charge >= 0.3 is 6.03 Å². The van der Waals surface area contributed by atoms with Crippen LogP contribution in [0.2, 0.25) is 0 Å². The molecule has 7 heteroatoms. The highest BCUT2D eigenvalue weighted by atomic mass is 32.2. The van der Waals surface area contributed by atoms with Crippen molar-refractivity contribution >= 4 is 23.5 Å². The van der Waals surface area contributed by atoms with Crippen LogP contribution in [0.25, 0.3) is 0 Å². The Morgan fingerprint density at radius 3 is 2.50 bits per heavy atom. The first-order valence-electron chi connectivity index (χ1n) is 8.50. The van der Waals surface area contributed by atoms with E-state index < -0.39 is 18.4 Å². The second-order valence-electron chi connectivity index (χ2n) is 6.25. The summed E-state index contributed by atoms with van der Waals surface area (Å²) in [5.41, 5.74) is 0.687. The maximum absolute atomic E-state index is 12.3. The number of fused-ring (bicyclic) bond motifs is 2. The number of benzene rings is 2. The molecular formula is C19H20N2O4S. The van der Waals surface area contributed by atoms with E-state index in [0.29, 0.717) is 12.3 Å². The molecule has 136 valence electrons. The third-order valence-electron chi connectivity index (χ3n) is 4.45. The smallest absolute Gasteiger partial charge is 0.319 e. The minimum Gasteiger partial charge on any atom is -0.389 e. The first-order chi connectivity index (χ1) is 12.7. The number of carbonyl (C=O) groups excluding carboxylic acids is 1. The summed E-state index contributed by atoms with van der Waals surface area (Å²) in [6.07, 6.45) is -1.62. The Bertz CT molecular complexity index is 746. The average Bonchev–Trinajstić information content (AvgIpc) is 3.10. The lowest BCUT2D eigenvalue weighted by Gasteiger charge is -2.38. The van der Waals surface area contributed by atoms with Crippen molar-refractivity contribution < 1.29 is 19.4 Å². The lowest BCUT2D eigenvalue weighted by atomic mass is 10.00. The number of ether oxygens (including phenoxy) is 2. The van der Waals surface area contributed by atoms with Gasteiger partial charge in [0.1, 0.15) is 6.10 Å². The van der Waals surface area contributed by atoms with Crippen LogP contribution >= 0.6 is 11.8 Å². The van der Waals surface area contributed by atoms with Gasteiger partial charge in [0.05, 0.1) is 24.0 Å². The fourth-order valence-electron chi connectivity index (χ4n) is 3.19. The normalized spacial score (nSPS) is 30.0. The number of nitrogens with one attached hydrogen (secondary N) is 2. The molecule has 4 rings (SSSR count). The van der Waals surface area contributed by atoms with Crippen molar-refractivity contribution in [1.29, 1.82) is 0 Å². The molecule has 2 aromatic carbocycles. The van der Waals surface area contributed by atoms with E-state index in [1.54, 1.807) is 12.1 Å². The molecule has 26 heavy (non-hydrogen) atoms. The van der Waals surface area contributed by atoms with E-state index >= 15 is 0 Å². The summed E-state index contributed by atoms with van der Waals surface area (Å²) in [5, 5.41) is 16.2. The predicted molar refractivity (Wildman–Crippen MR) is 99.1 cm³/mol. The summed E-state index contributed by atoms with van der Waals surface area (Å²) in [7, 11) is 0. The summed E-state index contributed by atoms with van der Waals surface area (Å²) in [5.74, 6) is 0. The molecule has 5 atom stereocenters. The minimum absolute atomic E-state index is 0.321. The molecule has 2 aliphatic rings. The second kappa shape index (κ2) is 7.67. The molecule has 0 unspecified atom stereocenters. The zero-order chi connectivity index (χ0) is 17.9. The van der Waals surface area contributed by atoms with Gasteiger partial charge in [-0.25, -0.2) is 4.79 Å². The number of aliphatic hydroxyl groups is 1. The molecule has 3 N–H and O–H groups in total. The average molecular weight is 372 g/mol. The highest BCUT2D eigenvalue weighted by molar-refractivity contribution is 8.00. The molecule has 0 aliphatic carbocycles. The molecule has 2 heterocycles. The Hall–Kier alpha value is -2.06. The molecule has 2 fully saturated rings. The standard InChI is InChI=1S/C19H20N2O4S/c22-16-15(21-19(23)20-12-7-3-1-4-8-12)14-11-24-18(25-14)17(16)26-13-9-5-2-6-10-13/h1-10,14-18,22H,11H2,(H2,20,21,23)/t14-,15-,16+,17-,18-/m1/s1. The van der Waals surface area contributed by atoms with Crippen molar-refractivity contribution in [3.63, 3.8) is 0 Å². The Labute approximate surface area is 155 Å². The minimum atomic E-state index is -0.784. The SMILES string of the molecule is O=C(Nc1ccccc1)N[C@H]1[C@H](O)[C@@H](Sc2ccccc2)[C@@H]2OC[C@H]1O2. The van der Waals surface area contributed by atoms with E-state index in [0.717, 1.165) is 4.90 Å². The van der Waals surface area contributed by atoms with E-state index in [2.05, 4.69) is 10.6 Å². The number of thioether (sulfide) groups is 1. The van der Waals surface area contributed by atoms with E-state index in [9.17, 15) is 9.90 Å². The van der Waals surface area contributed by atoms with Gasteiger partial charge in [-0.1, -0.05) is 36.4 Å². The topological polar surface area (TPSA) is 79.8 Å². The highest BCUT2D eigenvalue weighted by Crippen LogP contribution is 2.38. The van der Waals surface area contributed by atoms with Gasteiger partial charge in [-0.3, -0.25) is 0 Å². The molecule has 6 nitrogen and oxygen atoms in total. The first-order valence-corrected chi connectivity index (χ1v) is 9.38. The maximum atomic E-state index is 12.3. The van der Waals surface area contributed by atoms with Crippen molar-refractivity contribution in [2.24, 2.45) is 0 Å². The summed E-state index contributed by atoms with van der Waals surface area (Å²) in [4.78, 5) is 13.3. The van der Waals surface area contributed by atoms with Gasteiger partial charge in [-0.2, -0.15) is 0 Å². The molecule has 2 aliphatic heterocycles. The molecule has 0 radical (unpaired) electrons. The van der Waals surface area contributed by atoms with Gasteiger partial charge < -0.3 is 25.2 Å². The molecule has 0 aromatic heterocycles. The van der Waals surface area contributed by atoms with Crippen LogP contribution in [0.1, 0.15) is 0 Å². The lowest BCUT2D eigenvalue weighted by molar-refractivity contribution is -0.121. The molecule has 2 bridgehead atoms. The largest absolute Gasteiger partial charge is 0.389 e. The predicted octanol–water partition coefficient (Wildman–Crippen LogP) is 2.45. The van der Waals surface area contributed by atoms with Crippen molar-refractivity contribution in [3.8, 4) is 0 Å². The number of anilines is 1. The van der Waals surface area contributed by atoms with Crippen LogP contribution in [-0.2, 0) is 9.47 Å². The number of hydrogen-bond acceptors (Lipinski definition) is 5. The second-order valence-corrected chi connectivity index (χ2v) is 7.50. The van der Waals surface area contributed by atoms with Crippen molar-refractivity contribution in [2.75, 3.05) is 11.9 Å². The number of urea groups is 1. The Morgan fingerprint density at radius 1 is 1.08 bits per heavy atom. The van der Waals surface area contributed by atoms with E-state index in [4.69, 9.17) is 9.47 Å². The van der Waals surface area contributed by atoms with Crippen LogP contribution < -0.4 is 10.6 Å². The number of rotatable bonds is 4. The van der Waals surface area contributed by atoms with Crippen molar-refractivity contribution in [2.45, 2.75) is 34.7 Å². The van der Waals surface area contributed by atoms with Gasteiger partial charge in [0.2, 0.25) is 0 Å². The van der Waals surface area contributed by atoms with Gasteiger partial charge in [0.15, 0.2) is 6.29 Å². The number of aliphatic hydroxyl groups excluding tert-OH is 1. The van der Waals surface area contributed by atoms with E-state index in [1.807, 2.05) is 48.5 Å². The van der Waals surface area contributed by atoms with Gasteiger partial charge in [0, 0.05) is 10.6 Å². The highest BCUT2D eigenvalue weighted by Gasteiger charge is 2.51. The number of carbonyl (C=O) groups is 1. The molecular weight excluding hydrogens is 352 g/mol. The van der Waals surface area contributed by atoms with Crippen LogP contribution in [0.3, 0.4) is 0 Å². The van der Waals surface area contributed by atoms with Crippen LogP contribution in [0.5, 0.6) is 0 Å². The summed E-state index contributed by atoms with van der Waals surface area (Å²) in [6, 6.07) is 18.0. The maximum Gasteiger partial charge on any atom is 0.319 e.